The van der Waals surface area contributed by atoms with Crippen LogP contribution in [0, 0.1) is 0 Å². The predicted octanol–water partition coefficient (Wildman–Crippen LogP) is 5.90. The summed E-state index contributed by atoms with van der Waals surface area (Å²) >= 11 is 0. The maximum atomic E-state index is 13.3. The summed E-state index contributed by atoms with van der Waals surface area (Å²) in [5, 5.41) is 16.7. The van der Waals surface area contributed by atoms with Gasteiger partial charge in [-0.1, -0.05) is 48.5 Å². The highest BCUT2D eigenvalue weighted by Gasteiger charge is 2.33. The fourth-order valence-corrected chi connectivity index (χ4v) is 4.76. The molecular formula is C27H19NO4. The van der Waals surface area contributed by atoms with Gasteiger partial charge in [0.15, 0.2) is 11.5 Å². The van der Waals surface area contributed by atoms with E-state index in [4.69, 9.17) is 9.15 Å². The molecule has 5 nitrogen and oxygen atoms in total. The molecule has 6 rings (SSSR count). The Kier molecular flexibility index (Phi) is 3.98. The van der Waals surface area contributed by atoms with Crippen molar-refractivity contribution < 1.29 is 14.3 Å². The molecule has 5 aromatic rings. The van der Waals surface area contributed by atoms with Crippen LogP contribution >= 0.6 is 0 Å². The van der Waals surface area contributed by atoms with E-state index < -0.39 is 5.92 Å². The number of anilines is 2. The van der Waals surface area contributed by atoms with Crippen molar-refractivity contribution >= 4 is 33.1 Å². The summed E-state index contributed by atoms with van der Waals surface area (Å²) in [7, 11) is 1.51. The smallest absolute Gasteiger partial charge is 0.342 e. The molecule has 1 atom stereocenters. The first-order chi connectivity index (χ1) is 15.7. The maximum absolute atomic E-state index is 13.3. The fourth-order valence-electron chi connectivity index (χ4n) is 4.76. The summed E-state index contributed by atoms with van der Waals surface area (Å²) in [5.41, 5.74) is 4.20. The van der Waals surface area contributed by atoms with Gasteiger partial charge >= 0.3 is 5.63 Å². The lowest BCUT2D eigenvalue weighted by molar-refractivity contribution is 0.373. The van der Waals surface area contributed by atoms with Crippen LogP contribution in [0.25, 0.3) is 21.7 Å². The zero-order chi connectivity index (χ0) is 21.8. The van der Waals surface area contributed by atoms with Crippen molar-refractivity contribution in [3.05, 3.63) is 106 Å². The number of para-hydroxylation sites is 1. The van der Waals surface area contributed by atoms with Gasteiger partial charge < -0.3 is 19.6 Å². The second-order valence-electron chi connectivity index (χ2n) is 7.91. The molecule has 32 heavy (non-hydrogen) atoms. The van der Waals surface area contributed by atoms with Gasteiger partial charge in [0.2, 0.25) is 0 Å². The standard InChI is InChI=1S/C27H19NO4/c1-31-22-14-16(11-13-20(22)29)23-24-17-7-3-2-6-15(17)10-12-19(24)28-26-18-8-4-5-9-21(18)32-27(30)25(23)26/h2-14,23,28-29H,1H3. The van der Waals surface area contributed by atoms with Gasteiger partial charge in [-0.25, -0.2) is 4.79 Å². The van der Waals surface area contributed by atoms with Crippen LogP contribution in [0.2, 0.25) is 0 Å². The summed E-state index contributed by atoms with van der Waals surface area (Å²) < 4.78 is 11.1. The maximum Gasteiger partial charge on any atom is 0.342 e. The number of nitrogens with one attached hydrogen (secondary N) is 1. The predicted molar refractivity (Wildman–Crippen MR) is 125 cm³/mol. The molecule has 1 aliphatic rings. The van der Waals surface area contributed by atoms with E-state index in [0.29, 0.717) is 16.9 Å². The van der Waals surface area contributed by atoms with Gasteiger partial charge in [-0.2, -0.15) is 0 Å². The first-order valence-corrected chi connectivity index (χ1v) is 10.4. The molecule has 0 aliphatic carbocycles. The number of hydrogen-bond acceptors (Lipinski definition) is 5. The van der Waals surface area contributed by atoms with Crippen molar-refractivity contribution in [2.75, 3.05) is 12.4 Å². The molecule has 0 spiro atoms. The molecule has 4 aromatic carbocycles. The van der Waals surface area contributed by atoms with Crippen molar-refractivity contribution in [2.24, 2.45) is 0 Å². The molecule has 1 aromatic heterocycles. The van der Waals surface area contributed by atoms with Gasteiger partial charge in [-0.15, -0.1) is 0 Å². The minimum absolute atomic E-state index is 0.0501. The van der Waals surface area contributed by atoms with Crippen LogP contribution in [-0.4, -0.2) is 12.2 Å². The quantitative estimate of drug-likeness (QED) is 0.341. The van der Waals surface area contributed by atoms with Crippen molar-refractivity contribution in [2.45, 2.75) is 5.92 Å². The van der Waals surface area contributed by atoms with Crippen molar-refractivity contribution in [3.8, 4) is 11.5 Å². The fraction of sp³-hybridized carbons (Fsp3) is 0.0741. The minimum atomic E-state index is -0.400. The third-order valence-electron chi connectivity index (χ3n) is 6.19. The number of fused-ring (bicyclic) bond motifs is 6. The molecule has 0 fully saturated rings. The van der Waals surface area contributed by atoms with E-state index in [1.807, 2.05) is 36.4 Å². The van der Waals surface area contributed by atoms with Gasteiger partial charge in [-0.3, -0.25) is 0 Å². The molecule has 1 unspecified atom stereocenters. The third kappa shape index (κ3) is 2.61. The van der Waals surface area contributed by atoms with Crippen LogP contribution in [-0.2, 0) is 0 Å². The van der Waals surface area contributed by atoms with E-state index in [1.165, 1.54) is 7.11 Å². The number of rotatable bonds is 2. The summed E-state index contributed by atoms with van der Waals surface area (Å²) in [6.07, 6.45) is 0. The zero-order valence-corrected chi connectivity index (χ0v) is 17.3. The van der Waals surface area contributed by atoms with Gasteiger partial charge in [0.1, 0.15) is 5.58 Å². The van der Waals surface area contributed by atoms with Crippen molar-refractivity contribution in [1.82, 2.24) is 0 Å². The van der Waals surface area contributed by atoms with E-state index in [9.17, 15) is 9.90 Å². The highest BCUT2D eigenvalue weighted by atomic mass is 16.5. The zero-order valence-electron chi connectivity index (χ0n) is 17.3. The Morgan fingerprint density at radius 3 is 2.53 bits per heavy atom. The summed E-state index contributed by atoms with van der Waals surface area (Å²) in [5.74, 6) is 0.00588. The molecule has 0 bridgehead atoms. The second-order valence-corrected chi connectivity index (χ2v) is 7.91. The average Bonchev–Trinajstić information content (AvgIpc) is 2.83. The van der Waals surface area contributed by atoms with Crippen LogP contribution in [0.15, 0.2) is 88.1 Å². The number of ether oxygens (including phenoxy) is 1. The summed E-state index contributed by atoms with van der Waals surface area (Å²) in [6, 6.07) is 25.0. The molecule has 156 valence electrons. The largest absolute Gasteiger partial charge is 0.504 e. The lowest BCUT2D eigenvalue weighted by Gasteiger charge is -2.31. The normalized spacial score (nSPS) is 14.6. The van der Waals surface area contributed by atoms with Crippen LogP contribution < -0.4 is 15.7 Å². The number of phenols is 1. The minimum Gasteiger partial charge on any atom is -0.504 e. The summed E-state index contributed by atoms with van der Waals surface area (Å²) in [6.45, 7) is 0. The van der Waals surface area contributed by atoms with E-state index in [2.05, 4.69) is 29.6 Å². The Bertz CT molecular complexity index is 1580. The SMILES string of the molecule is COc1cc(C2c3c(c4ccccc4oc3=O)Nc3ccc4ccccc4c32)ccc1O. The Morgan fingerprint density at radius 1 is 0.906 bits per heavy atom. The third-order valence-corrected chi connectivity index (χ3v) is 6.19. The highest BCUT2D eigenvalue weighted by molar-refractivity contribution is 6.00. The van der Waals surface area contributed by atoms with Crippen molar-refractivity contribution in [3.63, 3.8) is 0 Å². The van der Waals surface area contributed by atoms with Crippen LogP contribution in [0.4, 0.5) is 11.4 Å². The molecule has 0 amide bonds. The molecular weight excluding hydrogens is 402 g/mol. The van der Waals surface area contributed by atoms with Crippen LogP contribution in [0.3, 0.4) is 0 Å². The van der Waals surface area contributed by atoms with E-state index >= 15 is 0 Å². The lowest BCUT2D eigenvalue weighted by Crippen LogP contribution is -2.22. The molecule has 2 N–H and O–H groups in total. The average molecular weight is 421 g/mol. The summed E-state index contributed by atoms with van der Waals surface area (Å²) in [4.78, 5) is 13.3. The first-order valence-electron chi connectivity index (χ1n) is 10.4. The molecule has 0 saturated heterocycles. The molecule has 0 radical (unpaired) electrons. The number of methoxy groups -OCH3 is 1. The van der Waals surface area contributed by atoms with Crippen LogP contribution in [0.1, 0.15) is 22.6 Å². The van der Waals surface area contributed by atoms with Gasteiger partial charge in [-0.05, 0) is 52.2 Å². The highest BCUT2D eigenvalue weighted by Crippen LogP contribution is 2.49. The van der Waals surface area contributed by atoms with Crippen LogP contribution in [0.5, 0.6) is 11.5 Å². The Balaban J connectivity index is 1.75. The van der Waals surface area contributed by atoms with Gasteiger partial charge in [0.05, 0.1) is 18.4 Å². The lowest BCUT2D eigenvalue weighted by atomic mass is 9.79. The monoisotopic (exact) mass is 421 g/mol. The molecule has 5 heteroatoms. The van der Waals surface area contributed by atoms with E-state index in [1.54, 1.807) is 18.2 Å². The molecule has 0 saturated carbocycles. The van der Waals surface area contributed by atoms with Gasteiger partial charge in [0, 0.05) is 17.0 Å². The Hall–Kier alpha value is -4.25. The van der Waals surface area contributed by atoms with E-state index in [-0.39, 0.29) is 11.4 Å². The first kappa shape index (κ1) is 18.5. The number of aromatic hydroxyl groups is 1. The second kappa shape index (κ2) is 6.89. The number of phenolic OH excluding ortho intramolecular Hbond substituents is 1. The van der Waals surface area contributed by atoms with E-state index in [0.717, 1.165) is 38.7 Å². The number of benzene rings is 4. The molecule has 2 heterocycles. The number of hydrogen-bond donors (Lipinski definition) is 2. The van der Waals surface area contributed by atoms with Gasteiger partial charge in [0.25, 0.3) is 0 Å². The topological polar surface area (TPSA) is 71.7 Å². The molecule has 1 aliphatic heterocycles. The Labute approximate surface area is 183 Å². The van der Waals surface area contributed by atoms with Crippen molar-refractivity contribution in [1.29, 1.82) is 0 Å². The Morgan fingerprint density at radius 2 is 1.69 bits per heavy atom.